The minimum atomic E-state index is -2.66. The number of thiocarbonyl (C=S) groups is 1. The molecule has 1 saturated carbocycles. The molecule has 1 unspecified atom stereocenters. The Morgan fingerprint density at radius 1 is 1.56 bits per heavy atom. The van der Waals surface area contributed by atoms with E-state index in [-0.39, 0.29) is 29.5 Å². The van der Waals surface area contributed by atoms with Crippen LogP contribution in [0.4, 0.5) is 18.9 Å². The number of hydrogen-bond acceptors (Lipinski definition) is 3. The zero-order chi connectivity index (χ0) is 13.3. The molecule has 0 spiro atoms. The third kappa shape index (κ3) is 2.83. The zero-order valence-electron chi connectivity index (χ0n) is 8.92. The normalized spacial score (nSPS) is 20.1. The number of rotatable bonds is 4. The molecule has 1 fully saturated rings. The molecule has 0 N–H and O–H groups in total. The van der Waals surface area contributed by atoms with Gasteiger partial charge in [0.1, 0.15) is 11.4 Å². The lowest BCUT2D eigenvalue weighted by Crippen LogP contribution is -2.06. The number of halogens is 4. The van der Waals surface area contributed by atoms with Gasteiger partial charge in [0.05, 0.1) is 22.7 Å². The van der Waals surface area contributed by atoms with Gasteiger partial charge in [0.15, 0.2) is 5.82 Å². The average molecular weight is 294 g/mol. The summed E-state index contributed by atoms with van der Waals surface area (Å²) >= 11 is 10.1. The molecule has 1 aliphatic rings. The van der Waals surface area contributed by atoms with E-state index < -0.39 is 17.7 Å². The van der Waals surface area contributed by atoms with E-state index in [2.05, 4.69) is 17.2 Å². The maximum absolute atomic E-state index is 13.3. The van der Waals surface area contributed by atoms with E-state index in [1.165, 1.54) is 6.07 Å². The summed E-state index contributed by atoms with van der Waals surface area (Å²) in [5.41, 5.74) is -0.0908. The first kappa shape index (κ1) is 13.3. The van der Waals surface area contributed by atoms with Crippen LogP contribution in [0.3, 0.4) is 0 Å². The summed E-state index contributed by atoms with van der Waals surface area (Å²) in [6.45, 7) is -0.168. The summed E-state index contributed by atoms with van der Waals surface area (Å²) in [5, 5.41) is 2.01. The van der Waals surface area contributed by atoms with Crippen LogP contribution in [0.5, 0.6) is 5.75 Å². The van der Waals surface area contributed by atoms with Crippen LogP contribution in [0.25, 0.3) is 0 Å². The molecule has 1 aliphatic carbocycles. The van der Waals surface area contributed by atoms with Crippen molar-refractivity contribution in [3.8, 4) is 5.75 Å². The molecule has 7 heteroatoms. The Kier molecular flexibility index (Phi) is 3.61. The van der Waals surface area contributed by atoms with Gasteiger partial charge in [0, 0.05) is 12.5 Å². The van der Waals surface area contributed by atoms with Crippen LogP contribution in [-0.4, -0.2) is 17.7 Å². The molecule has 2 rings (SSSR count). The Morgan fingerprint density at radius 2 is 2.22 bits per heavy atom. The molecule has 0 radical (unpaired) electrons. The Bertz CT molecular complexity index is 531. The fraction of sp³-hybridized carbons (Fsp3) is 0.364. The summed E-state index contributed by atoms with van der Waals surface area (Å²) in [6, 6.07) is 2.20. The molecule has 18 heavy (non-hydrogen) atoms. The van der Waals surface area contributed by atoms with E-state index in [4.69, 9.17) is 16.3 Å². The van der Waals surface area contributed by atoms with E-state index in [9.17, 15) is 13.2 Å². The Hall–Kier alpha value is -1.10. The van der Waals surface area contributed by atoms with Gasteiger partial charge in [-0.2, -0.15) is 4.99 Å². The summed E-state index contributed by atoms with van der Waals surface area (Å²) in [7, 11) is 0. The number of hydrogen-bond donors (Lipinski definition) is 0. The van der Waals surface area contributed by atoms with Gasteiger partial charge in [-0.3, -0.25) is 0 Å². The standard InChI is InChI=1S/C11H7ClF3NOS/c12-7-1-8(13)9(16-5-18)2-10(7)17-4-6-3-11(6,14)15/h1-2,6H,3-4H2. The van der Waals surface area contributed by atoms with Crippen LogP contribution in [-0.2, 0) is 0 Å². The molecule has 0 aliphatic heterocycles. The lowest BCUT2D eigenvalue weighted by Gasteiger charge is -2.08. The van der Waals surface area contributed by atoms with Gasteiger partial charge in [-0.25, -0.2) is 13.2 Å². The Balaban J connectivity index is 2.12. The third-order valence-corrected chi connectivity index (χ3v) is 2.95. The van der Waals surface area contributed by atoms with Gasteiger partial charge in [-0.1, -0.05) is 11.6 Å². The van der Waals surface area contributed by atoms with E-state index in [1.54, 1.807) is 0 Å². The Morgan fingerprint density at radius 3 is 2.78 bits per heavy atom. The second-order valence-electron chi connectivity index (χ2n) is 3.91. The quantitative estimate of drug-likeness (QED) is 0.611. The number of ether oxygens (including phenoxy) is 1. The lowest BCUT2D eigenvalue weighted by molar-refractivity contribution is 0.0856. The van der Waals surface area contributed by atoms with Crippen molar-refractivity contribution < 1.29 is 17.9 Å². The highest BCUT2D eigenvalue weighted by atomic mass is 35.5. The Labute approximate surface area is 111 Å². The van der Waals surface area contributed by atoms with Crippen LogP contribution in [0.2, 0.25) is 5.02 Å². The lowest BCUT2D eigenvalue weighted by atomic mass is 10.3. The highest BCUT2D eigenvalue weighted by Crippen LogP contribution is 2.48. The maximum Gasteiger partial charge on any atom is 0.255 e. The molecule has 1 aromatic carbocycles. The monoisotopic (exact) mass is 293 g/mol. The first-order valence-corrected chi connectivity index (χ1v) is 5.80. The predicted octanol–water partition coefficient (Wildman–Crippen LogP) is 4.25. The smallest absolute Gasteiger partial charge is 0.255 e. The summed E-state index contributed by atoms with van der Waals surface area (Å²) < 4.78 is 43.7. The van der Waals surface area contributed by atoms with Crippen molar-refractivity contribution in [1.82, 2.24) is 0 Å². The summed E-state index contributed by atoms with van der Waals surface area (Å²) in [6.07, 6.45) is -0.198. The van der Waals surface area contributed by atoms with E-state index >= 15 is 0 Å². The summed E-state index contributed by atoms with van der Waals surface area (Å²) in [4.78, 5) is 3.48. The highest BCUT2D eigenvalue weighted by Gasteiger charge is 2.57. The van der Waals surface area contributed by atoms with Crippen LogP contribution in [0, 0.1) is 11.7 Å². The zero-order valence-corrected chi connectivity index (χ0v) is 10.5. The minimum Gasteiger partial charge on any atom is -0.491 e. The first-order valence-electron chi connectivity index (χ1n) is 5.01. The van der Waals surface area contributed by atoms with E-state index in [1.807, 2.05) is 5.16 Å². The molecule has 1 atom stereocenters. The topological polar surface area (TPSA) is 21.6 Å². The van der Waals surface area contributed by atoms with Crippen molar-refractivity contribution in [2.45, 2.75) is 12.3 Å². The van der Waals surface area contributed by atoms with Gasteiger partial charge in [0.2, 0.25) is 0 Å². The highest BCUT2D eigenvalue weighted by molar-refractivity contribution is 7.78. The molecule has 0 amide bonds. The number of alkyl halides is 2. The molecule has 0 heterocycles. The maximum atomic E-state index is 13.3. The molecule has 1 aromatic rings. The molecule has 0 saturated heterocycles. The van der Waals surface area contributed by atoms with Crippen molar-refractivity contribution in [1.29, 1.82) is 0 Å². The SMILES string of the molecule is Fc1cc(Cl)c(OCC2CC2(F)F)cc1N=C=S. The van der Waals surface area contributed by atoms with E-state index in [0.29, 0.717) is 0 Å². The third-order valence-electron chi connectivity index (χ3n) is 2.56. The van der Waals surface area contributed by atoms with Crippen molar-refractivity contribution in [3.05, 3.63) is 23.0 Å². The van der Waals surface area contributed by atoms with E-state index in [0.717, 1.165) is 6.07 Å². The van der Waals surface area contributed by atoms with Crippen LogP contribution < -0.4 is 4.74 Å². The molecule has 96 valence electrons. The fourth-order valence-corrected chi connectivity index (χ4v) is 1.71. The number of aliphatic imine (C=N–C) groups is 1. The minimum absolute atomic E-state index is 0.000199. The molecule has 2 nitrogen and oxygen atoms in total. The predicted molar refractivity (Wildman–Crippen MR) is 64.6 cm³/mol. The average Bonchev–Trinajstić information content (AvgIpc) is 2.89. The molecule has 0 aromatic heterocycles. The molecule has 0 bridgehead atoms. The van der Waals surface area contributed by atoms with Gasteiger partial charge in [-0.15, -0.1) is 0 Å². The van der Waals surface area contributed by atoms with Gasteiger partial charge >= 0.3 is 0 Å². The second-order valence-corrected chi connectivity index (χ2v) is 4.50. The van der Waals surface area contributed by atoms with Gasteiger partial charge in [-0.05, 0) is 18.3 Å². The van der Waals surface area contributed by atoms with Crippen molar-refractivity contribution >= 4 is 34.7 Å². The van der Waals surface area contributed by atoms with Gasteiger partial charge in [0.25, 0.3) is 5.92 Å². The number of nitrogens with zero attached hydrogens (tertiary/aromatic N) is 1. The van der Waals surface area contributed by atoms with Crippen molar-refractivity contribution in [3.63, 3.8) is 0 Å². The van der Waals surface area contributed by atoms with Crippen molar-refractivity contribution in [2.24, 2.45) is 10.9 Å². The largest absolute Gasteiger partial charge is 0.491 e. The van der Waals surface area contributed by atoms with Crippen LogP contribution in [0.1, 0.15) is 6.42 Å². The van der Waals surface area contributed by atoms with Crippen LogP contribution in [0.15, 0.2) is 17.1 Å². The fourth-order valence-electron chi connectivity index (χ4n) is 1.40. The van der Waals surface area contributed by atoms with Crippen LogP contribution >= 0.6 is 23.8 Å². The molecular weight excluding hydrogens is 287 g/mol. The van der Waals surface area contributed by atoms with Gasteiger partial charge < -0.3 is 4.74 Å². The van der Waals surface area contributed by atoms with Crippen molar-refractivity contribution in [2.75, 3.05) is 6.61 Å². The second kappa shape index (κ2) is 4.88. The summed E-state index contributed by atoms with van der Waals surface area (Å²) in [5.74, 6) is -4.05. The first-order chi connectivity index (χ1) is 8.44. The molecular formula is C11H7ClF3NOS. The number of benzene rings is 1. The number of isothiocyanates is 1.